The number of benzene rings is 1. The van der Waals surface area contributed by atoms with Crippen LogP contribution >= 0.6 is 11.3 Å². The second kappa shape index (κ2) is 8.44. The maximum Gasteiger partial charge on any atom is 0.325 e. The third-order valence-electron chi connectivity index (χ3n) is 3.44. The molecule has 3 N–H and O–H groups in total. The molecule has 0 radical (unpaired) electrons. The highest BCUT2D eigenvalue weighted by Gasteiger charge is 2.11. The van der Waals surface area contributed by atoms with Crippen LogP contribution in [0.3, 0.4) is 0 Å². The van der Waals surface area contributed by atoms with E-state index in [9.17, 15) is 9.59 Å². The number of aryl methyl sites for hydroxylation is 1. The van der Waals surface area contributed by atoms with Crippen LogP contribution in [-0.2, 0) is 11.2 Å². The van der Waals surface area contributed by atoms with Gasteiger partial charge in [0.1, 0.15) is 0 Å². The number of nitrogens with one attached hydrogen (secondary N) is 3. The molecule has 0 aliphatic rings. The Morgan fingerprint density at radius 1 is 1.21 bits per heavy atom. The van der Waals surface area contributed by atoms with Crippen molar-refractivity contribution in [2.75, 3.05) is 10.6 Å². The molecular weight excluding hydrogens is 324 g/mol. The number of hydrogen-bond acceptors (Lipinski definition) is 4. The van der Waals surface area contributed by atoms with Crippen LogP contribution in [0.25, 0.3) is 0 Å². The Hall–Kier alpha value is -2.41. The highest BCUT2D eigenvalue weighted by molar-refractivity contribution is 7.13. The van der Waals surface area contributed by atoms with Gasteiger partial charge in [0.2, 0.25) is 5.91 Å². The molecule has 0 saturated carbocycles. The average molecular weight is 346 g/mol. The van der Waals surface area contributed by atoms with Gasteiger partial charge in [-0.25, -0.2) is 9.78 Å². The molecule has 1 atom stereocenters. The van der Waals surface area contributed by atoms with E-state index >= 15 is 0 Å². The summed E-state index contributed by atoms with van der Waals surface area (Å²) in [6.45, 7) is 5.96. The Balaban J connectivity index is 1.85. The molecule has 128 valence electrons. The van der Waals surface area contributed by atoms with Gasteiger partial charge in [-0.1, -0.05) is 24.6 Å². The number of carbonyl (C=O) groups excluding carboxylic acids is 2. The molecule has 3 amide bonds. The lowest BCUT2D eigenvalue weighted by atomic mass is 10.2. The zero-order valence-corrected chi connectivity index (χ0v) is 14.9. The van der Waals surface area contributed by atoms with Crippen LogP contribution in [0.2, 0.25) is 0 Å². The SMILES string of the molecule is CC[C@H](C)NC(=O)Cc1csc(NC(=O)Nc2ccc(C)cc2)n1. The summed E-state index contributed by atoms with van der Waals surface area (Å²) in [5.74, 6) is -0.0645. The number of nitrogens with zero attached hydrogens (tertiary/aromatic N) is 1. The molecule has 0 aliphatic carbocycles. The first kappa shape index (κ1) is 17.9. The molecule has 6 nitrogen and oxygen atoms in total. The summed E-state index contributed by atoms with van der Waals surface area (Å²) in [4.78, 5) is 28.0. The van der Waals surface area contributed by atoms with E-state index in [1.165, 1.54) is 11.3 Å². The number of urea groups is 1. The van der Waals surface area contributed by atoms with E-state index in [1.54, 1.807) is 5.38 Å². The summed E-state index contributed by atoms with van der Waals surface area (Å²) in [6.07, 6.45) is 1.09. The Bertz CT molecular complexity index is 697. The quantitative estimate of drug-likeness (QED) is 0.748. The Labute approximate surface area is 145 Å². The predicted molar refractivity (Wildman–Crippen MR) is 97.5 cm³/mol. The summed E-state index contributed by atoms with van der Waals surface area (Å²) in [6, 6.07) is 7.31. The standard InChI is InChI=1S/C17H22N4O2S/c1-4-12(3)18-15(22)9-14-10-24-17(20-14)21-16(23)19-13-7-5-11(2)6-8-13/h5-8,10,12H,4,9H2,1-3H3,(H,18,22)(H2,19,20,21,23)/t12-/m0/s1. The molecule has 0 aliphatic heterocycles. The zero-order valence-electron chi connectivity index (χ0n) is 14.1. The molecule has 0 saturated heterocycles. The van der Waals surface area contributed by atoms with E-state index < -0.39 is 0 Å². The first-order valence-corrected chi connectivity index (χ1v) is 8.72. The number of rotatable bonds is 6. The van der Waals surface area contributed by atoms with Gasteiger partial charge in [-0.05, 0) is 32.4 Å². The van der Waals surface area contributed by atoms with Gasteiger partial charge in [0.15, 0.2) is 5.13 Å². The van der Waals surface area contributed by atoms with Crippen molar-refractivity contribution < 1.29 is 9.59 Å². The lowest BCUT2D eigenvalue weighted by Crippen LogP contribution is -2.33. The molecule has 2 rings (SSSR count). The highest BCUT2D eigenvalue weighted by atomic mass is 32.1. The minimum Gasteiger partial charge on any atom is -0.353 e. The molecule has 1 aromatic carbocycles. The van der Waals surface area contributed by atoms with Gasteiger partial charge in [-0.15, -0.1) is 11.3 Å². The fourth-order valence-corrected chi connectivity index (χ4v) is 2.64. The van der Waals surface area contributed by atoms with E-state index in [-0.39, 0.29) is 24.4 Å². The van der Waals surface area contributed by atoms with Gasteiger partial charge in [-0.3, -0.25) is 10.1 Å². The first-order valence-electron chi connectivity index (χ1n) is 7.84. The van der Waals surface area contributed by atoms with E-state index in [0.717, 1.165) is 12.0 Å². The van der Waals surface area contributed by atoms with Crippen molar-refractivity contribution in [2.45, 2.75) is 39.7 Å². The minimum atomic E-state index is -0.358. The van der Waals surface area contributed by atoms with Crippen LogP contribution in [-0.4, -0.2) is 23.0 Å². The van der Waals surface area contributed by atoms with Crippen molar-refractivity contribution >= 4 is 34.1 Å². The minimum absolute atomic E-state index is 0.0645. The number of hydrogen-bond donors (Lipinski definition) is 3. The maximum atomic E-state index is 11.9. The lowest BCUT2D eigenvalue weighted by Gasteiger charge is -2.10. The Kier molecular flexibility index (Phi) is 6.31. The van der Waals surface area contributed by atoms with Crippen LogP contribution < -0.4 is 16.0 Å². The van der Waals surface area contributed by atoms with Crippen molar-refractivity contribution in [1.29, 1.82) is 0 Å². The molecule has 1 heterocycles. The number of aromatic nitrogens is 1. The average Bonchev–Trinajstić information content (AvgIpc) is 2.96. The molecule has 2 aromatic rings. The van der Waals surface area contributed by atoms with Crippen LogP contribution in [0.1, 0.15) is 31.5 Å². The summed E-state index contributed by atoms with van der Waals surface area (Å²) in [7, 11) is 0. The predicted octanol–water partition coefficient (Wildman–Crippen LogP) is 3.55. The van der Waals surface area contributed by atoms with Crippen molar-refractivity contribution in [1.82, 2.24) is 10.3 Å². The molecular formula is C17H22N4O2S. The van der Waals surface area contributed by atoms with Gasteiger partial charge in [0.25, 0.3) is 0 Å². The van der Waals surface area contributed by atoms with Crippen molar-refractivity contribution in [3.05, 3.63) is 40.9 Å². The van der Waals surface area contributed by atoms with Gasteiger partial charge in [-0.2, -0.15) is 0 Å². The number of thiazole rings is 1. The smallest absolute Gasteiger partial charge is 0.325 e. The van der Waals surface area contributed by atoms with E-state index in [4.69, 9.17) is 0 Å². The lowest BCUT2D eigenvalue weighted by molar-refractivity contribution is -0.121. The molecule has 7 heteroatoms. The van der Waals surface area contributed by atoms with Crippen LogP contribution in [0.4, 0.5) is 15.6 Å². The zero-order chi connectivity index (χ0) is 17.5. The van der Waals surface area contributed by atoms with Crippen LogP contribution in [0.15, 0.2) is 29.6 Å². The van der Waals surface area contributed by atoms with Gasteiger partial charge >= 0.3 is 6.03 Å². The fourth-order valence-electron chi connectivity index (χ4n) is 1.93. The Morgan fingerprint density at radius 2 is 1.92 bits per heavy atom. The largest absolute Gasteiger partial charge is 0.353 e. The van der Waals surface area contributed by atoms with Crippen molar-refractivity contribution in [2.24, 2.45) is 0 Å². The molecule has 0 unspecified atom stereocenters. The van der Waals surface area contributed by atoms with E-state index in [2.05, 4.69) is 20.9 Å². The first-order chi connectivity index (χ1) is 11.5. The molecule has 24 heavy (non-hydrogen) atoms. The summed E-state index contributed by atoms with van der Waals surface area (Å²) >= 11 is 1.29. The monoisotopic (exact) mass is 346 g/mol. The number of carbonyl (C=O) groups is 2. The van der Waals surface area contributed by atoms with E-state index in [0.29, 0.717) is 16.5 Å². The third-order valence-corrected chi connectivity index (χ3v) is 4.25. The van der Waals surface area contributed by atoms with Gasteiger partial charge < -0.3 is 10.6 Å². The summed E-state index contributed by atoms with van der Waals surface area (Å²) in [5, 5.41) is 10.5. The highest BCUT2D eigenvalue weighted by Crippen LogP contribution is 2.16. The third kappa shape index (κ3) is 5.66. The summed E-state index contributed by atoms with van der Waals surface area (Å²) in [5.41, 5.74) is 2.48. The summed E-state index contributed by atoms with van der Waals surface area (Å²) < 4.78 is 0. The molecule has 0 bridgehead atoms. The molecule has 0 spiro atoms. The molecule has 1 aromatic heterocycles. The normalized spacial score (nSPS) is 11.6. The van der Waals surface area contributed by atoms with Crippen molar-refractivity contribution in [3.63, 3.8) is 0 Å². The fraction of sp³-hybridized carbons (Fsp3) is 0.353. The van der Waals surface area contributed by atoms with Gasteiger partial charge in [0.05, 0.1) is 12.1 Å². The Morgan fingerprint density at radius 3 is 2.58 bits per heavy atom. The van der Waals surface area contributed by atoms with Gasteiger partial charge in [0, 0.05) is 17.1 Å². The second-order valence-electron chi connectivity index (χ2n) is 5.64. The topological polar surface area (TPSA) is 83.1 Å². The van der Waals surface area contributed by atoms with Crippen molar-refractivity contribution in [3.8, 4) is 0 Å². The van der Waals surface area contributed by atoms with Crippen LogP contribution in [0, 0.1) is 6.92 Å². The number of anilines is 2. The maximum absolute atomic E-state index is 11.9. The van der Waals surface area contributed by atoms with Crippen LogP contribution in [0.5, 0.6) is 0 Å². The second-order valence-corrected chi connectivity index (χ2v) is 6.50. The number of amides is 3. The van der Waals surface area contributed by atoms with E-state index in [1.807, 2.05) is 45.0 Å². The molecule has 0 fully saturated rings.